The molecule has 3 rings (SSSR count). The molecule has 7 heteroatoms. The molecule has 0 fully saturated rings. The van der Waals surface area contributed by atoms with Gasteiger partial charge in [-0.25, -0.2) is 4.98 Å². The van der Waals surface area contributed by atoms with Gasteiger partial charge in [0.15, 0.2) is 0 Å². The normalized spacial score (nSPS) is 11.0. The lowest BCUT2D eigenvalue weighted by molar-refractivity contribution is -0.137. The van der Waals surface area contributed by atoms with Gasteiger partial charge in [0.2, 0.25) is 0 Å². The summed E-state index contributed by atoms with van der Waals surface area (Å²) in [5, 5.41) is 11.4. The van der Waals surface area contributed by atoms with Gasteiger partial charge in [0.05, 0.1) is 12.5 Å². The fourth-order valence-electron chi connectivity index (χ4n) is 2.71. The third-order valence-corrected chi connectivity index (χ3v) is 4.76. The van der Waals surface area contributed by atoms with Gasteiger partial charge >= 0.3 is 5.97 Å². The highest BCUT2D eigenvalue weighted by molar-refractivity contribution is 7.17. The molecule has 1 aromatic carbocycles. The first-order chi connectivity index (χ1) is 11.4. The molecule has 0 radical (unpaired) electrons. The summed E-state index contributed by atoms with van der Waals surface area (Å²) in [7, 11) is 1.61. The molecule has 0 spiro atoms. The number of aliphatic carboxylic acids is 1. The largest absolute Gasteiger partial charge is 0.496 e. The van der Waals surface area contributed by atoms with E-state index in [0.717, 1.165) is 22.4 Å². The SMILES string of the molecule is COc1ccc(-c2csc3nc(C)n(CC(=O)O)c(=O)c23)cc1C. The van der Waals surface area contributed by atoms with Gasteiger partial charge in [-0.3, -0.25) is 14.2 Å². The number of aryl methyl sites for hydroxylation is 2. The summed E-state index contributed by atoms with van der Waals surface area (Å²) in [4.78, 5) is 28.8. The first-order valence-electron chi connectivity index (χ1n) is 7.27. The maximum Gasteiger partial charge on any atom is 0.323 e. The Morgan fingerprint density at radius 3 is 2.75 bits per heavy atom. The Bertz CT molecular complexity index is 1000. The smallest absolute Gasteiger partial charge is 0.323 e. The van der Waals surface area contributed by atoms with Crippen LogP contribution in [-0.2, 0) is 11.3 Å². The highest BCUT2D eigenvalue weighted by Gasteiger charge is 2.17. The second kappa shape index (κ2) is 6.09. The molecule has 0 saturated heterocycles. The predicted octanol–water partition coefficient (Wildman–Crippen LogP) is 2.84. The lowest BCUT2D eigenvalue weighted by Crippen LogP contribution is -2.27. The Hall–Kier alpha value is -2.67. The highest BCUT2D eigenvalue weighted by atomic mass is 32.1. The standard InChI is InChI=1S/C17H16N2O4S/c1-9-6-11(4-5-13(9)23-3)12-8-24-16-15(12)17(22)19(7-14(20)21)10(2)18-16/h4-6,8H,7H2,1-3H3,(H,20,21). The van der Waals surface area contributed by atoms with Gasteiger partial charge in [-0.15, -0.1) is 11.3 Å². The highest BCUT2D eigenvalue weighted by Crippen LogP contribution is 2.33. The molecule has 0 aliphatic heterocycles. The number of carboxylic acid groups (broad SMARTS) is 1. The zero-order valence-corrected chi connectivity index (χ0v) is 14.3. The predicted molar refractivity (Wildman–Crippen MR) is 93.0 cm³/mol. The number of nitrogens with zero attached hydrogens (tertiary/aromatic N) is 2. The Kier molecular flexibility index (Phi) is 4.11. The molecule has 2 heterocycles. The fraction of sp³-hybridized carbons (Fsp3) is 0.235. The average molecular weight is 344 g/mol. The molecule has 0 atom stereocenters. The molecule has 1 N–H and O–H groups in total. The summed E-state index contributed by atoms with van der Waals surface area (Å²) in [6.45, 7) is 3.17. The summed E-state index contributed by atoms with van der Waals surface area (Å²) in [5.74, 6) is 0.100. The molecule has 6 nitrogen and oxygen atoms in total. The second-order valence-corrected chi connectivity index (χ2v) is 6.32. The lowest BCUT2D eigenvalue weighted by atomic mass is 10.0. The maximum absolute atomic E-state index is 12.8. The van der Waals surface area contributed by atoms with Gasteiger partial charge in [-0.2, -0.15) is 0 Å². The Balaban J connectivity index is 2.25. The van der Waals surface area contributed by atoms with E-state index in [2.05, 4.69) is 4.98 Å². The topological polar surface area (TPSA) is 81.4 Å². The van der Waals surface area contributed by atoms with Crippen molar-refractivity contribution in [3.05, 3.63) is 45.3 Å². The van der Waals surface area contributed by atoms with E-state index in [-0.39, 0.29) is 5.56 Å². The van der Waals surface area contributed by atoms with E-state index in [9.17, 15) is 9.59 Å². The monoisotopic (exact) mass is 344 g/mol. The van der Waals surface area contributed by atoms with Crippen LogP contribution in [0.15, 0.2) is 28.4 Å². The van der Waals surface area contributed by atoms with E-state index in [1.807, 2.05) is 30.5 Å². The second-order valence-electron chi connectivity index (χ2n) is 5.46. The summed E-state index contributed by atoms with van der Waals surface area (Å²) >= 11 is 1.38. The van der Waals surface area contributed by atoms with Crippen molar-refractivity contribution >= 4 is 27.5 Å². The summed E-state index contributed by atoms with van der Waals surface area (Å²) in [5.41, 5.74) is 2.27. The fourth-order valence-corrected chi connectivity index (χ4v) is 3.69. The van der Waals surface area contributed by atoms with Crippen LogP contribution in [0, 0.1) is 13.8 Å². The first kappa shape index (κ1) is 16.2. The van der Waals surface area contributed by atoms with E-state index >= 15 is 0 Å². The van der Waals surface area contributed by atoms with E-state index in [1.165, 1.54) is 15.9 Å². The maximum atomic E-state index is 12.8. The van der Waals surface area contributed by atoms with Crippen molar-refractivity contribution in [2.75, 3.05) is 7.11 Å². The van der Waals surface area contributed by atoms with Gasteiger partial charge in [0.25, 0.3) is 5.56 Å². The van der Waals surface area contributed by atoms with Gasteiger partial charge in [-0.1, -0.05) is 6.07 Å². The van der Waals surface area contributed by atoms with Crippen molar-refractivity contribution in [2.45, 2.75) is 20.4 Å². The third-order valence-electron chi connectivity index (χ3n) is 3.88. The Morgan fingerprint density at radius 2 is 2.12 bits per heavy atom. The molecule has 0 amide bonds. The van der Waals surface area contributed by atoms with Gasteiger partial charge in [0.1, 0.15) is 22.9 Å². The zero-order chi connectivity index (χ0) is 17.4. The number of methoxy groups -OCH3 is 1. The van der Waals surface area contributed by atoms with Crippen LogP contribution >= 0.6 is 11.3 Å². The minimum absolute atomic E-state index is 0.329. The van der Waals surface area contributed by atoms with Crippen molar-refractivity contribution in [2.24, 2.45) is 0 Å². The number of rotatable bonds is 4. The minimum Gasteiger partial charge on any atom is -0.496 e. The van der Waals surface area contributed by atoms with Crippen molar-refractivity contribution in [3.8, 4) is 16.9 Å². The van der Waals surface area contributed by atoms with Gasteiger partial charge < -0.3 is 9.84 Å². The first-order valence-corrected chi connectivity index (χ1v) is 8.15. The number of benzene rings is 1. The molecular weight excluding hydrogens is 328 g/mol. The van der Waals surface area contributed by atoms with Gasteiger partial charge in [-0.05, 0) is 37.1 Å². The number of hydrogen-bond acceptors (Lipinski definition) is 5. The van der Waals surface area contributed by atoms with Crippen LogP contribution in [0.25, 0.3) is 21.3 Å². The number of carboxylic acids is 1. The summed E-state index contributed by atoms with van der Waals surface area (Å²) in [6.07, 6.45) is 0. The van der Waals surface area contributed by atoms with Crippen LogP contribution in [0.2, 0.25) is 0 Å². The van der Waals surface area contributed by atoms with Crippen molar-refractivity contribution in [1.29, 1.82) is 0 Å². The summed E-state index contributed by atoms with van der Waals surface area (Å²) < 4.78 is 6.46. The lowest BCUT2D eigenvalue weighted by Gasteiger charge is -2.09. The number of thiophene rings is 1. The van der Waals surface area contributed by atoms with Crippen molar-refractivity contribution in [3.63, 3.8) is 0 Å². The molecule has 0 bridgehead atoms. The summed E-state index contributed by atoms with van der Waals surface area (Å²) in [6, 6.07) is 5.68. The van der Waals surface area contributed by atoms with Crippen molar-refractivity contribution in [1.82, 2.24) is 9.55 Å². The molecule has 0 saturated carbocycles. The van der Waals surface area contributed by atoms with E-state index in [1.54, 1.807) is 14.0 Å². The quantitative estimate of drug-likeness (QED) is 0.787. The Morgan fingerprint density at radius 1 is 1.38 bits per heavy atom. The molecule has 124 valence electrons. The third kappa shape index (κ3) is 2.67. The van der Waals surface area contributed by atoms with Crippen LogP contribution in [-0.4, -0.2) is 27.7 Å². The molecule has 24 heavy (non-hydrogen) atoms. The number of carbonyl (C=O) groups is 1. The van der Waals surface area contributed by atoms with E-state index < -0.39 is 12.5 Å². The van der Waals surface area contributed by atoms with Crippen LogP contribution in [0.3, 0.4) is 0 Å². The average Bonchev–Trinajstić information content (AvgIpc) is 2.95. The molecule has 2 aromatic heterocycles. The number of aromatic nitrogens is 2. The van der Waals surface area contributed by atoms with E-state index in [0.29, 0.717) is 16.0 Å². The Labute approximate surface area is 142 Å². The van der Waals surface area contributed by atoms with E-state index in [4.69, 9.17) is 9.84 Å². The minimum atomic E-state index is -1.07. The molecule has 0 unspecified atom stereocenters. The number of ether oxygens (including phenoxy) is 1. The zero-order valence-electron chi connectivity index (χ0n) is 13.5. The number of hydrogen-bond donors (Lipinski definition) is 1. The van der Waals surface area contributed by atoms with Crippen LogP contribution in [0.5, 0.6) is 5.75 Å². The van der Waals surface area contributed by atoms with Crippen molar-refractivity contribution < 1.29 is 14.6 Å². The molecule has 0 aliphatic carbocycles. The molecule has 3 aromatic rings. The van der Waals surface area contributed by atoms with Crippen LogP contribution < -0.4 is 10.3 Å². The number of fused-ring (bicyclic) bond motifs is 1. The van der Waals surface area contributed by atoms with Gasteiger partial charge in [0, 0.05) is 10.9 Å². The van der Waals surface area contributed by atoms with Crippen LogP contribution in [0.4, 0.5) is 0 Å². The molecule has 0 aliphatic rings. The van der Waals surface area contributed by atoms with Crippen LogP contribution in [0.1, 0.15) is 11.4 Å². The molecular formula is C17H16N2O4S.